The minimum atomic E-state index is -0.514. The highest BCUT2D eigenvalue weighted by atomic mass is 16.6. The summed E-state index contributed by atoms with van der Waals surface area (Å²) in [4.78, 5) is 33.2. The number of nitro benzene ring substituents is 1. The number of carbonyl (C=O) groups is 2. The number of benzene rings is 1. The highest BCUT2D eigenvalue weighted by molar-refractivity contribution is 5.86. The fraction of sp³-hybridized carbons (Fsp3) is 0.333. The van der Waals surface area contributed by atoms with Crippen molar-refractivity contribution in [2.75, 3.05) is 13.2 Å². The van der Waals surface area contributed by atoms with Gasteiger partial charge in [0.25, 0.3) is 5.69 Å². The van der Waals surface area contributed by atoms with Gasteiger partial charge in [0.15, 0.2) is 0 Å². The summed E-state index contributed by atoms with van der Waals surface area (Å²) in [5.41, 5.74) is 0.604. The van der Waals surface area contributed by atoms with Crippen molar-refractivity contribution in [3.05, 3.63) is 52.1 Å². The van der Waals surface area contributed by atoms with Gasteiger partial charge in [-0.2, -0.15) is 0 Å². The molecule has 0 fully saturated rings. The van der Waals surface area contributed by atoms with Crippen molar-refractivity contribution in [3.8, 4) is 0 Å². The van der Waals surface area contributed by atoms with E-state index in [1.807, 2.05) is 0 Å². The van der Waals surface area contributed by atoms with Gasteiger partial charge in [0.2, 0.25) is 5.91 Å². The number of nitro groups is 1. The highest BCUT2D eigenvalue weighted by Gasteiger charge is 2.15. The van der Waals surface area contributed by atoms with Crippen molar-refractivity contribution in [1.29, 1.82) is 0 Å². The van der Waals surface area contributed by atoms with Crippen molar-refractivity contribution in [2.45, 2.75) is 19.8 Å². The van der Waals surface area contributed by atoms with Crippen LogP contribution in [0.1, 0.15) is 18.9 Å². The fourth-order valence-corrected chi connectivity index (χ4v) is 1.66. The molecule has 0 heterocycles. The van der Waals surface area contributed by atoms with Crippen LogP contribution in [-0.2, 0) is 20.7 Å². The third kappa shape index (κ3) is 5.74. The second-order valence-corrected chi connectivity index (χ2v) is 4.68. The number of nitrogens with one attached hydrogen (secondary N) is 1. The second-order valence-electron chi connectivity index (χ2n) is 4.68. The molecular weight excluding hydrogens is 288 g/mol. The van der Waals surface area contributed by atoms with Gasteiger partial charge in [-0.05, 0) is 13.3 Å². The van der Waals surface area contributed by atoms with Gasteiger partial charge in [0, 0.05) is 23.7 Å². The summed E-state index contributed by atoms with van der Waals surface area (Å²) in [5, 5.41) is 13.5. The molecule has 7 nitrogen and oxygen atoms in total. The Labute approximate surface area is 128 Å². The lowest BCUT2D eigenvalue weighted by atomic mass is 10.1. The second kappa shape index (κ2) is 8.56. The number of esters is 1. The fourth-order valence-electron chi connectivity index (χ4n) is 1.66. The predicted octanol–water partition coefficient (Wildman–Crippen LogP) is 1.76. The molecule has 0 aromatic heterocycles. The number of hydrogen-bond acceptors (Lipinski definition) is 5. The normalized spacial score (nSPS) is 9.86. The first kappa shape index (κ1) is 17.4. The Morgan fingerprint density at radius 3 is 2.68 bits per heavy atom. The van der Waals surface area contributed by atoms with Gasteiger partial charge in [0.1, 0.15) is 0 Å². The van der Waals surface area contributed by atoms with Crippen LogP contribution in [0.5, 0.6) is 0 Å². The van der Waals surface area contributed by atoms with Crippen LogP contribution in [0.3, 0.4) is 0 Å². The molecule has 0 unspecified atom stereocenters. The lowest BCUT2D eigenvalue weighted by Crippen LogP contribution is -2.27. The molecule has 0 saturated heterocycles. The van der Waals surface area contributed by atoms with Gasteiger partial charge in [-0.15, -0.1) is 0 Å². The lowest BCUT2D eigenvalue weighted by molar-refractivity contribution is -0.385. The van der Waals surface area contributed by atoms with E-state index in [4.69, 9.17) is 4.74 Å². The standard InChI is InChI=1S/C15H18N2O5/c1-11(2)15(19)22-9-5-8-16-14(18)10-12-6-3-4-7-13(12)17(20)21/h3-4,6-7H,1,5,8-10H2,2H3,(H,16,18). The summed E-state index contributed by atoms with van der Waals surface area (Å²) in [5.74, 6) is -0.785. The van der Waals surface area contributed by atoms with Crippen molar-refractivity contribution in [2.24, 2.45) is 0 Å². The first-order valence-electron chi connectivity index (χ1n) is 6.73. The monoisotopic (exact) mass is 306 g/mol. The third-order valence-corrected chi connectivity index (χ3v) is 2.76. The summed E-state index contributed by atoms with van der Waals surface area (Å²) < 4.78 is 4.88. The summed E-state index contributed by atoms with van der Waals surface area (Å²) in [6.07, 6.45) is 0.393. The van der Waals surface area contributed by atoms with Gasteiger partial charge in [0.05, 0.1) is 18.0 Å². The molecule has 1 aromatic rings. The van der Waals surface area contributed by atoms with Crippen LogP contribution in [0, 0.1) is 10.1 Å². The van der Waals surface area contributed by atoms with Crippen LogP contribution in [0.4, 0.5) is 5.69 Å². The van der Waals surface area contributed by atoms with E-state index in [1.54, 1.807) is 25.1 Å². The Bertz CT molecular complexity index is 583. The van der Waals surface area contributed by atoms with Crippen LogP contribution in [0.15, 0.2) is 36.4 Å². The molecule has 0 bridgehead atoms. The predicted molar refractivity (Wildman–Crippen MR) is 80.2 cm³/mol. The minimum Gasteiger partial charge on any atom is -0.462 e. The Morgan fingerprint density at radius 1 is 1.36 bits per heavy atom. The molecule has 1 N–H and O–H groups in total. The van der Waals surface area contributed by atoms with Crippen LogP contribution < -0.4 is 5.32 Å². The molecule has 0 saturated carbocycles. The molecule has 0 atom stereocenters. The van der Waals surface area contributed by atoms with Crippen molar-refractivity contribution in [1.82, 2.24) is 5.32 Å². The molecule has 0 aliphatic carbocycles. The molecule has 0 aliphatic heterocycles. The highest BCUT2D eigenvalue weighted by Crippen LogP contribution is 2.17. The van der Waals surface area contributed by atoms with Gasteiger partial charge in [-0.1, -0.05) is 24.8 Å². The molecule has 1 rings (SSSR count). The zero-order valence-electron chi connectivity index (χ0n) is 12.3. The van der Waals surface area contributed by atoms with Gasteiger partial charge < -0.3 is 10.1 Å². The molecule has 7 heteroatoms. The number of ether oxygens (including phenoxy) is 1. The first-order valence-corrected chi connectivity index (χ1v) is 6.73. The zero-order chi connectivity index (χ0) is 16.5. The average Bonchev–Trinajstić information content (AvgIpc) is 2.46. The van der Waals surface area contributed by atoms with Crippen LogP contribution in [0.25, 0.3) is 0 Å². The van der Waals surface area contributed by atoms with E-state index in [2.05, 4.69) is 11.9 Å². The summed E-state index contributed by atoms with van der Waals surface area (Å²) in [7, 11) is 0. The SMILES string of the molecule is C=C(C)C(=O)OCCCNC(=O)Cc1ccccc1[N+](=O)[O-]. The number of hydrogen-bond donors (Lipinski definition) is 1. The Kier molecular flexibility index (Phi) is 6.75. The number of rotatable bonds is 8. The third-order valence-electron chi connectivity index (χ3n) is 2.76. The van der Waals surface area contributed by atoms with E-state index in [1.165, 1.54) is 6.07 Å². The number of carbonyl (C=O) groups excluding carboxylic acids is 2. The molecule has 1 amide bonds. The Hall–Kier alpha value is -2.70. The van der Waals surface area contributed by atoms with Gasteiger partial charge >= 0.3 is 5.97 Å². The molecule has 0 radical (unpaired) electrons. The molecule has 22 heavy (non-hydrogen) atoms. The maximum Gasteiger partial charge on any atom is 0.333 e. The smallest absolute Gasteiger partial charge is 0.333 e. The molecule has 1 aromatic carbocycles. The first-order chi connectivity index (χ1) is 10.4. The summed E-state index contributed by atoms with van der Waals surface area (Å²) in [6.45, 7) is 5.50. The van der Waals surface area contributed by atoms with Crippen LogP contribution in [0.2, 0.25) is 0 Å². The summed E-state index contributed by atoms with van der Waals surface area (Å²) in [6, 6.07) is 6.11. The maximum atomic E-state index is 11.7. The van der Waals surface area contributed by atoms with E-state index < -0.39 is 10.9 Å². The van der Waals surface area contributed by atoms with Crippen LogP contribution in [-0.4, -0.2) is 30.0 Å². The quantitative estimate of drug-likeness (QED) is 0.259. The zero-order valence-corrected chi connectivity index (χ0v) is 12.3. The van der Waals surface area contributed by atoms with Gasteiger partial charge in [-0.3, -0.25) is 14.9 Å². The molecule has 118 valence electrons. The molecule has 0 spiro atoms. The van der Waals surface area contributed by atoms with E-state index in [9.17, 15) is 19.7 Å². The lowest BCUT2D eigenvalue weighted by Gasteiger charge is -2.07. The Balaban J connectivity index is 2.34. The van der Waals surface area contributed by atoms with E-state index >= 15 is 0 Å². The van der Waals surface area contributed by atoms with E-state index in [-0.39, 0.29) is 24.6 Å². The van der Waals surface area contributed by atoms with Crippen molar-refractivity contribution in [3.63, 3.8) is 0 Å². The van der Waals surface area contributed by atoms with Crippen molar-refractivity contribution >= 4 is 17.6 Å². The number of para-hydroxylation sites is 1. The average molecular weight is 306 g/mol. The number of nitrogens with zero attached hydrogens (tertiary/aromatic N) is 1. The molecule has 0 aliphatic rings. The van der Waals surface area contributed by atoms with E-state index in [0.29, 0.717) is 24.1 Å². The Morgan fingerprint density at radius 2 is 2.05 bits per heavy atom. The maximum absolute atomic E-state index is 11.7. The van der Waals surface area contributed by atoms with Crippen molar-refractivity contribution < 1.29 is 19.2 Å². The number of amides is 1. The summed E-state index contributed by atoms with van der Waals surface area (Å²) >= 11 is 0. The topological polar surface area (TPSA) is 98.5 Å². The largest absolute Gasteiger partial charge is 0.462 e. The minimum absolute atomic E-state index is 0.0668. The van der Waals surface area contributed by atoms with E-state index in [0.717, 1.165) is 0 Å². The molecular formula is C15H18N2O5. The van der Waals surface area contributed by atoms with Crippen LogP contribution >= 0.6 is 0 Å². The van der Waals surface area contributed by atoms with Gasteiger partial charge in [-0.25, -0.2) is 4.79 Å².